The molecule has 1 saturated heterocycles. The first kappa shape index (κ1) is 19.4. The van der Waals surface area contributed by atoms with E-state index in [1.807, 2.05) is 12.1 Å². The number of aliphatic hydroxyl groups is 1. The molecule has 1 amide bonds. The van der Waals surface area contributed by atoms with Crippen LogP contribution in [0.25, 0.3) is 5.76 Å². The molecule has 4 nitrogen and oxygen atoms in total. The van der Waals surface area contributed by atoms with Crippen LogP contribution in [0.4, 0.5) is 5.69 Å². The number of anilines is 1. The Morgan fingerprint density at radius 2 is 1.62 bits per heavy atom. The molecule has 0 spiro atoms. The van der Waals surface area contributed by atoms with E-state index in [4.69, 9.17) is 11.6 Å². The number of aliphatic hydroxyl groups excluding tert-OH is 1. The Bertz CT molecular complexity index is 1130. The maximum atomic E-state index is 13.0. The van der Waals surface area contributed by atoms with Crippen LogP contribution in [0, 0.1) is 0 Å². The summed E-state index contributed by atoms with van der Waals surface area (Å²) in [6, 6.07) is 22.0. The normalized spacial score (nSPS) is 18.3. The summed E-state index contributed by atoms with van der Waals surface area (Å²) in [6.45, 7) is 0. The van der Waals surface area contributed by atoms with Gasteiger partial charge in [0.15, 0.2) is 0 Å². The van der Waals surface area contributed by atoms with E-state index in [0.717, 1.165) is 4.47 Å². The summed E-state index contributed by atoms with van der Waals surface area (Å²) in [5.41, 5.74) is 1.74. The third-order valence-electron chi connectivity index (χ3n) is 4.76. The summed E-state index contributed by atoms with van der Waals surface area (Å²) in [7, 11) is 0. The second-order valence-electron chi connectivity index (χ2n) is 6.57. The maximum absolute atomic E-state index is 13.0. The minimum Gasteiger partial charge on any atom is -0.507 e. The minimum absolute atomic E-state index is 0.0449. The third kappa shape index (κ3) is 3.59. The van der Waals surface area contributed by atoms with E-state index in [9.17, 15) is 14.7 Å². The first-order valence-electron chi connectivity index (χ1n) is 8.85. The quantitative estimate of drug-likeness (QED) is 0.303. The van der Waals surface area contributed by atoms with Crippen LogP contribution in [0.3, 0.4) is 0 Å². The molecule has 0 saturated carbocycles. The number of carbonyl (C=O) groups excluding carboxylic acids is 2. The highest BCUT2D eigenvalue weighted by atomic mass is 79.9. The number of hydrogen-bond acceptors (Lipinski definition) is 3. The van der Waals surface area contributed by atoms with Crippen molar-refractivity contribution in [2.45, 2.75) is 6.04 Å². The highest BCUT2D eigenvalue weighted by molar-refractivity contribution is 9.10. The average molecular weight is 469 g/mol. The molecule has 3 aromatic rings. The van der Waals surface area contributed by atoms with Gasteiger partial charge < -0.3 is 5.11 Å². The summed E-state index contributed by atoms with van der Waals surface area (Å²) in [4.78, 5) is 27.4. The maximum Gasteiger partial charge on any atom is 0.300 e. The van der Waals surface area contributed by atoms with Gasteiger partial charge in [0.2, 0.25) is 0 Å². The number of nitrogens with zero attached hydrogens (tertiary/aromatic N) is 1. The van der Waals surface area contributed by atoms with E-state index < -0.39 is 17.7 Å². The fourth-order valence-electron chi connectivity index (χ4n) is 3.44. The molecule has 144 valence electrons. The van der Waals surface area contributed by atoms with Crippen molar-refractivity contribution in [3.63, 3.8) is 0 Å². The molecule has 1 N–H and O–H groups in total. The Labute approximate surface area is 181 Å². The minimum atomic E-state index is -0.776. The van der Waals surface area contributed by atoms with Crippen molar-refractivity contribution in [2.75, 3.05) is 4.90 Å². The predicted molar refractivity (Wildman–Crippen MR) is 117 cm³/mol. The summed E-state index contributed by atoms with van der Waals surface area (Å²) in [5.74, 6) is -1.63. The summed E-state index contributed by atoms with van der Waals surface area (Å²) >= 11 is 9.44. The van der Waals surface area contributed by atoms with Crippen LogP contribution in [0.5, 0.6) is 0 Å². The molecule has 0 radical (unpaired) electrons. The van der Waals surface area contributed by atoms with Crippen molar-refractivity contribution >= 4 is 50.7 Å². The number of amides is 1. The Kier molecular flexibility index (Phi) is 5.26. The zero-order valence-electron chi connectivity index (χ0n) is 15.0. The van der Waals surface area contributed by atoms with Gasteiger partial charge in [-0.15, -0.1) is 0 Å². The highest BCUT2D eigenvalue weighted by Crippen LogP contribution is 2.42. The van der Waals surface area contributed by atoms with E-state index in [0.29, 0.717) is 21.8 Å². The average Bonchev–Trinajstić information content (AvgIpc) is 2.99. The molecule has 29 heavy (non-hydrogen) atoms. The smallest absolute Gasteiger partial charge is 0.300 e. The van der Waals surface area contributed by atoms with Crippen molar-refractivity contribution in [1.29, 1.82) is 0 Å². The van der Waals surface area contributed by atoms with Crippen LogP contribution in [-0.4, -0.2) is 16.8 Å². The summed E-state index contributed by atoms with van der Waals surface area (Å²) < 4.78 is 0.773. The van der Waals surface area contributed by atoms with Crippen molar-refractivity contribution in [1.82, 2.24) is 0 Å². The van der Waals surface area contributed by atoms with Gasteiger partial charge in [0.1, 0.15) is 5.76 Å². The van der Waals surface area contributed by atoms with Gasteiger partial charge in [-0.1, -0.05) is 76.1 Å². The second-order valence-corrected chi connectivity index (χ2v) is 7.92. The number of ketones is 1. The molecular weight excluding hydrogens is 454 g/mol. The Balaban J connectivity index is 1.96. The summed E-state index contributed by atoms with van der Waals surface area (Å²) in [5, 5.41) is 11.5. The zero-order valence-corrected chi connectivity index (χ0v) is 17.4. The Hall–Kier alpha value is -2.89. The van der Waals surface area contributed by atoms with Gasteiger partial charge in [-0.3, -0.25) is 14.5 Å². The van der Waals surface area contributed by atoms with Gasteiger partial charge in [0.05, 0.1) is 11.6 Å². The second kappa shape index (κ2) is 7.85. The van der Waals surface area contributed by atoms with E-state index in [1.165, 1.54) is 4.90 Å². The molecule has 6 heteroatoms. The lowest BCUT2D eigenvalue weighted by atomic mass is 9.95. The van der Waals surface area contributed by atoms with Gasteiger partial charge in [-0.2, -0.15) is 0 Å². The molecule has 0 unspecified atom stereocenters. The van der Waals surface area contributed by atoms with Crippen molar-refractivity contribution in [3.8, 4) is 0 Å². The molecule has 0 aromatic heterocycles. The van der Waals surface area contributed by atoms with Gasteiger partial charge in [-0.25, -0.2) is 0 Å². The zero-order chi connectivity index (χ0) is 20.5. The molecule has 1 atom stereocenters. The van der Waals surface area contributed by atoms with Crippen molar-refractivity contribution in [3.05, 3.63) is 105 Å². The lowest BCUT2D eigenvalue weighted by molar-refractivity contribution is -0.132. The van der Waals surface area contributed by atoms with E-state index >= 15 is 0 Å². The van der Waals surface area contributed by atoms with Gasteiger partial charge in [0.25, 0.3) is 11.7 Å². The topological polar surface area (TPSA) is 57.6 Å². The molecular formula is C23H15BrClNO3. The molecule has 4 rings (SSSR count). The van der Waals surface area contributed by atoms with Crippen LogP contribution in [0.2, 0.25) is 5.02 Å². The number of Topliss-reactive ketones (excluding diaryl/α,β-unsaturated/α-hetero) is 1. The third-order valence-corrected chi connectivity index (χ3v) is 5.51. The lowest BCUT2D eigenvalue weighted by Crippen LogP contribution is -2.29. The van der Waals surface area contributed by atoms with Crippen LogP contribution >= 0.6 is 27.5 Å². The van der Waals surface area contributed by atoms with E-state index in [-0.39, 0.29) is 11.3 Å². The van der Waals surface area contributed by atoms with Crippen LogP contribution in [-0.2, 0) is 9.59 Å². The van der Waals surface area contributed by atoms with E-state index in [2.05, 4.69) is 15.9 Å². The highest BCUT2D eigenvalue weighted by Gasteiger charge is 2.46. The Morgan fingerprint density at radius 1 is 0.931 bits per heavy atom. The number of benzene rings is 3. The number of halogens is 2. The largest absolute Gasteiger partial charge is 0.507 e. The first-order valence-corrected chi connectivity index (χ1v) is 10.0. The van der Waals surface area contributed by atoms with Crippen molar-refractivity contribution in [2.24, 2.45) is 0 Å². The predicted octanol–water partition coefficient (Wildman–Crippen LogP) is 5.73. The monoisotopic (exact) mass is 467 g/mol. The van der Waals surface area contributed by atoms with Crippen LogP contribution < -0.4 is 4.90 Å². The number of carbonyl (C=O) groups is 2. The fraction of sp³-hybridized carbons (Fsp3) is 0.0435. The molecule has 0 aliphatic carbocycles. The molecule has 0 bridgehead atoms. The molecule has 1 aliphatic heterocycles. The fourth-order valence-corrected chi connectivity index (χ4v) is 3.95. The number of rotatable bonds is 3. The number of hydrogen-bond donors (Lipinski definition) is 1. The standard InChI is InChI=1S/C23H15BrClNO3/c24-16-7-4-8-18(13-16)26-20(14-9-11-17(25)12-10-14)19(22(28)23(26)29)21(27)15-5-2-1-3-6-15/h1-13,20,27H/t20-/m0/s1. The lowest BCUT2D eigenvalue weighted by Gasteiger charge is -2.25. The van der Waals surface area contributed by atoms with E-state index in [1.54, 1.807) is 66.7 Å². The molecule has 3 aromatic carbocycles. The van der Waals surface area contributed by atoms with Gasteiger partial charge >= 0.3 is 0 Å². The summed E-state index contributed by atoms with van der Waals surface area (Å²) in [6.07, 6.45) is 0. The molecule has 1 fully saturated rings. The Morgan fingerprint density at radius 3 is 2.28 bits per heavy atom. The molecule has 1 heterocycles. The van der Waals surface area contributed by atoms with Gasteiger partial charge in [0, 0.05) is 20.7 Å². The van der Waals surface area contributed by atoms with Crippen LogP contribution in [0.15, 0.2) is 88.9 Å². The first-order chi connectivity index (χ1) is 14.0. The SMILES string of the molecule is O=C1C(=O)N(c2cccc(Br)c2)[C@@H](c2ccc(Cl)cc2)C1=C(O)c1ccccc1. The molecule has 1 aliphatic rings. The van der Waals surface area contributed by atoms with Crippen LogP contribution in [0.1, 0.15) is 17.2 Å². The van der Waals surface area contributed by atoms with Gasteiger partial charge in [-0.05, 0) is 35.9 Å². The van der Waals surface area contributed by atoms with Crippen molar-refractivity contribution < 1.29 is 14.7 Å².